The Balaban J connectivity index is 1.70. The quantitative estimate of drug-likeness (QED) is 0.644. The number of hydrogen-bond donors (Lipinski definition) is 0. The van der Waals surface area contributed by atoms with Gasteiger partial charge in [0, 0.05) is 0 Å². The Bertz CT molecular complexity index is 347. The molecule has 0 bridgehead atoms. The summed E-state index contributed by atoms with van der Waals surface area (Å²) in [5, 5.41) is 0. The van der Waals surface area contributed by atoms with E-state index < -0.39 is 0 Å². The minimum Gasteiger partial charge on any atom is -0.0622 e. The van der Waals surface area contributed by atoms with Crippen molar-refractivity contribution in [2.75, 3.05) is 0 Å². The predicted octanol–water partition coefficient (Wildman–Crippen LogP) is 4.27. The summed E-state index contributed by atoms with van der Waals surface area (Å²) in [7, 11) is 0. The maximum atomic E-state index is 2.28. The average molecular weight is 208 g/mol. The van der Waals surface area contributed by atoms with Gasteiger partial charge in [0.05, 0.1) is 0 Å². The molecule has 16 heavy (non-hydrogen) atoms. The fourth-order valence-corrected chi connectivity index (χ4v) is 1.68. The lowest BCUT2D eigenvalue weighted by molar-refractivity contribution is 0.942. The smallest absolute Gasteiger partial charge is 0.00929 e. The first-order chi connectivity index (χ1) is 7.95. The molecule has 0 heteroatoms. The van der Waals surface area contributed by atoms with Crippen molar-refractivity contribution < 1.29 is 0 Å². The lowest BCUT2D eigenvalue weighted by Crippen LogP contribution is -1.84. The van der Waals surface area contributed by atoms with Crippen LogP contribution in [0.2, 0.25) is 0 Å². The molecule has 0 atom stereocenters. The molecule has 80 valence electrons. The van der Waals surface area contributed by atoms with E-state index in [4.69, 9.17) is 0 Å². The zero-order valence-electron chi connectivity index (χ0n) is 9.34. The first-order valence-corrected chi connectivity index (χ1v) is 5.72. The maximum absolute atomic E-state index is 2.28. The highest BCUT2D eigenvalue weighted by Crippen LogP contribution is 2.11. The van der Waals surface area contributed by atoms with Crippen LogP contribution >= 0.6 is 0 Å². The van der Waals surface area contributed by atoms with Crippen molar-refractivity contribution >= 4 is 0 Å². The summed E-state index contributed by atoms with van der Waals surface area (Å²) in [5.74, 6) is 0. The molecule has 0 N–H and O–H groups in total. The largest absolute Gasteiger partial charge is 0.0622 e. The summed E-state index contributed by atoms with van der Waals surface area (Å²) in [6, 6.07) is 21.0. The number of benzene rings is 2. The van der Waals surface area contributed by atoms with Gasteiger partial charge in [-0.3, -0.25) is 0 Å². The van der Waals surface area contributed by atoms with Crippen LogP contribution in [0.15, 0.2) is 60.7 Å². The Kier molecular flexibility index (Phi) is 4.18. The minimum absolute atomic E-state index is 1.10. The first kappa shape index (κ1) is 10.9. The van der Waals surface area contributed by atoms with Crippen LogP contribution in [0.1, 0.15) is 24.0 Å². The van der Waals surface area contributed by atoms with Crippen LogP contribution in [0, 0.1) is 12.8 Å². The standard InChI is InChI=1S/C16H16/c1-3-9-15(10-4-1)13-7-8-14-16-11-5-2-6-12-16/h1-6,9-14H,7-8H2. The van der Waals surface area contributed by atoms with Crippen LogP contribution in [-0.2, 0) is 0 Å². The van der Waals surface area contributed by atoms with Crippen molar-refractivity contribution in [2.24, 2.45) is 0 Å². The van der Waals surface area contributed by atoms with Gasteiger partial charge in [0.15, 0.2) is 0 Å². The van der Waals surface area contributed by atoms with Crippen molar-refractivity contribution in [1.82, 2.24) is 0 Å². The molecule has 0 aromatic heterocycles. The van der Waals surface area contributed by atoms with Crippen molar-refractivity contribution in [3.05, 3.63) is 84.6 Å². The highest BCUT2D eigenvalue weighted by Gasteiger charge is 1.94. The monoisotopic (exact) mass is 208 g/mol. The Labute approximate surface area is 97.9 Å². The van der Waals surface area contributed by atoms with Crippen LogP contribution in [0.3, 0.4) is 0 Å². The number of rotatable bonds is 5. The summed E-state index contributed by atoms with van der Waals surface area (Å²) in [6.45, 7) is 0. The van der Waals surface area contributed by atoms with Gasteiger partial charge in [-0.1, -0.05) is 60.7 Å². The average Bonchev–Trinajstić information content (AvgIpc) is 2.37. The molecular formula is C16H16. The minimum atomic E-state index is 1.10. The highest BCUT2D eigenvalue weighted by molar-refractivity contribution is 5.24. The summed E-state index contributed by atoms with van der Waals surface area (Å²) in [6.07, 6.45) is 6.75. The third-order valence-corrected chi connectivity index (χ3v) is 2.53. The van der Waals surface area contributed by atoms with E-state index in [0.29, 0.717) is 0 Å². The molecule has 0 aliphatic rings. The Morgan fingerprint density at radius 1 is 0.562 bits per heavy atom. The third-order valence-electron chi connectivity index (χ3n) is 2.53. The maximum Gasteiger partial charge on any atom is -0.00929 e. The highest BCUT2D eigenvalue weighted by atomic mass is 14.0. The Morgan fingerprint density at radius 3 is 1.31 bits per heavy atom. The second-order valence-corrected chi connectivity index (χ2v) is 3.81. The van der Waals surface area contributed by atoms with E-state index in [1.165, 1.54) is 11.1 Å². The van der Waals surface area contributed by atoms with Crippen LogP contribution in [0.4, 0.5) is 0 Å². The van der Waals surface area contributed by atoms with E-state index >= 15 is 0 Å². The second-order valence-electron chi connectivity index (χ2n) is 3.81. The molecule has 0 aliphatic carbocycles. The van der Waals surface area contributed by atoms with Crippen LogP contribution in [0.5, 0.6) is 0 Å². The molecular weight excluding hydrogens is 192 g/mol. The van der Waals surface area contributed by atoms with Crippen molar-refractivity contribution in [3.63, 3.8) is 0 Å². The molecule has 0 saturated heterocycles. The van der Waals surface area contributed by atoms with Gasteiger partial charge >= 0.3 is 0 Å². The van der Waals surface area contributed by atoms with Gasteiger partial charge in [0.1, 0.15) is 0 Å². The summed E-state index contributed by atoms with van der Waals surface area (Å²) < 4.78 is 0. The lowest BCUT2D eigenvalue weighted by atomic mass is 10.0. The summed E-state index contributed by atoms with van der Waals surface area (Å²) in [5.41, 5.74) is 2.62. The second kappa shape index (κ2) is 6.12. The molecule has 0 heterocycles. The molecule has 0 unspecified atom stereocenters. The van der Waals surface area contributed by atoms with E-state index in [0.717, 1.165) is 12.8 Å². The fraction of sp³-hybridized carbons (Fsp3) is 0.125. The molecule has 2 aromatic carbocycles. The lowest BCUT2D eigenvalue weighted by Gasteiger charge is -2.01. The number of hydrogen-bond acceptors (Lipinski definition) is 0. The molecule has 2 rings (SSSR count). The van der Waals surface area contributed by atoms with Crippen LogP contribution in [0.25, 0.3) is 0 Å². The van der Waals surface area contributed by atoms with E-state index in [2.05, 4.69) is 61.4 Å². The molecule has 0 spiro atoms. The van der Waals surface area contributed by atoms with E-state index in [9.17, 15) is 0 Å². The Hall–Kier alpha value is -1.56. The van der Waals surface area contributed by atoms with Gasteiger partial charge in [-0.2, -0.15) is 0 Å². The van der Waals surface area contributed by atoms with Gasteiger partial charge in [0.25, 0.3) is 0 Å². The summed E-state index contributed by atoms with van der Waals surface area (Å²) >= 11 is 0. The topological polar surface area (TPSA) is 0 Å². The first-order valence-electron chi connectivity index (χ1n) is 5.72. The molecule has 0 fully saturated rings. The molecule has 0 saturated carbocycles. The third kappa shape index (κ3) is 3.54. The van der Waals surface area contributed by atoms with E-state index in [1.807, 2.05) is 12.1 Å². The zero-order valence-corrected chi connectivity index (χ0v) is 9.34. The summed E-state index contributed by atoms with van der Waals surface area (Å²) in [4.78, 5) is 0. The SMILES string of the molecule is [CH](CC[CH]c1ccccc1)c1ccccc1. The molecule has 0 amide bonds. The van der Waals surface area contributed by atoms with Gasteiger partial charge in [-0.05, 0) is 36.8 Å². The van der Waals surface area contributed by atoms with Gasteiger partial charge in [-0.15, -0.1) is 0 Å². The van der Waals surface area contributed by atoms with Gasteiger partial charge in [0.2, 0.25) is 0 Å². The predicted molar refractivity (Wildman–Crippen MR) is 68.9 cm³/mol. The van der Waals surface area contributed by atoms with Crippen LogP contribution < -0.4 is 0 Å². The van der Waals surface area contributed by atoms with Crippen molar-refractivity contribution in [3.8, 4) is 0 Å². The Morgan fingerprint density at radius 2 is 0.938 bits per heavy atom. The van der Waals surface area contributed by atoms with Crippen LogP contribution in [-0.4, -0.2) is 0 Å². The van der Waals surface area contributed by atoms with Gasteiger partial charge < -0.3 is 0 Å². The molecule has 2 radical (unpaired) electrons. The zero-order chi connectivity index (χ0) is 11.1. The van der Waals surface area contributed by atoms with Crippen molar-refractivity contribution in [2.45, 2.75) is 12.8 Å². The molecule has 0 aliphatic heterocycles. The number of unbranched alkanes of at least 4 members (excludes halogenated alkanes) is 1. The fourth-order valence-electron chi connectivity index (χ4n) is 1.68. The van der Waals surface area contributed by atoms with E-state index in [1.54, 1.807) is 0 Å². The van der Waals surface area contributed by atoms with Crippen molar-refractivity contribution in [1.29, 1.82) is 0 Å². The van der Waals surface area contributed by atoms with E-state index in [-0.39, 0.29) is 0 Å². The molecule has 2 aromatic rings. The normalized spacial score (nSPS) is 10.2. The molecule has 0 nitrogen and oxygen atoms in total. The van der Waals surface area contributed by atoms with Gasteiger partial charge in [-0.25, -0.2) is 0 Å².